The first-order valence-corrected chi connectivity index (χ1v) is 9.59. The van der Waals surface area contributed by atoms with Crippen molar-refractivity contribution in [3.8, 4) is 11.5 Å². The van der Waals surface area contributed by atoms with Crippen molar-refractivity contribution < 1.29 is 14.6 Å². The molecule has 1 aliphatic heterocycles. The summed E-state index contributed by atoms with van der Waals surface area (Å²) < 4.78 is 10.5. The van der Waals surface area contributed by atoms with Gasteiger partial charge in [0.1, 0.15) is 11.5 Å². The molecule has 1 aromatic heterocycles. The summed E-state index contributed by atoms with van der Waals surface area (Å²) in [6, 6.07) is 5.30. The molecule has 2 aromatic rings. The standard InChI is InChI=1S/C18H25N5O3S/c1-25-14-9-13(10-15(11-14)26-2)16(24)12-21-17(19)22-4-6-23(7-5-22)18-20-3-8-27-18/h3,8-11,16,24H,4-7,12H2,1-2H3,(H2,19,21). The van der Waals surface area contributed by atoms with Crippen LogP contribution in [-0.2, 0) is 0 Å². The Balaban J connectivity index is 1.57. The Labute approximate surface area is 162 Å². The summed E-state index contributed by atoms with van der Waals surface area (Å²) in [7, 11) is 3.15. The Hall–Kier alpha value is -2.52. The highest BCUT2D eigenvalue weighted by Crippen LogP contribution is 2.26. The number of hydrogen-bond acceptors (Lipinski definition) is 7. The zero-order valence-corrected chi connectivity index (χ0v) is 16.4. The highest BCUT2D eigenvalue weighted by Gasteiger charge is 2.20. The second-order valence-electron chi connectivity index (χ2n) is 6.15. The number of rotatable bonds is 6. The summed E-state index contributed by atoms with van der Waals surface area (Å²) in [6.45, 7) is 3.42. The van der Waals surface area contributed by atoms with Gasteiger partial charge in [0.25, 0.3) is 0 Å². The molecule has 0 radical (unpaired) electrons. The first-order valence-electron chi connectivity index (χ1n) is 8.71. The largest absolute Gasteiger partial charge is 0.497 e. The Bertz CT molecular complexity index is 738. The lowest BCUT2D eigenvalue weighted by molar-refractivity contribution is 0.185. The number of nitrogens with two attached hydrogens (primary N) is 1. The second-order valence-corrected chi connectivity index (χ2v) is 7.02. The number of anilines is 1. The molecule has 2 heterocycles. The molecule has 0 bridgehead atoms. The second kappa shape index (κ2) is 8.92. The van der Waals surface area contributed by atoms with Crippen molar-refractivity contribution in [1.82, 2.24) is 9.88 Å². The van der Waals surface area contributed by atoms with Crippen LogP contribution in [0.5, 0.6) is 11.5 Å². The number of benzene rings is 1. The van der Waals surface area contributed by atoms with E-state index in [1.807, 2.05) is 16.5 Å². The van der Waals surface area contributed by atoms with Gasteiger partial charge < -0.3 is 30.1 Å². The lowest BCUT2D eigenvalue weighted by Crippen LogP contribution is -2.51. The van der Waals surface area contributed by atoms with Crippen molar-refractivity contribution in [3.63, 3.8) is 0 Å². The van der Waals surface area contributed by atoms with Gasteiger partial charge in [0, 0.05) is 43.8 Å². The molecule has 0 saturated carbocycles. The molecular weight excluding hydrogens is 366 g/mol. The van der Waals surface area contributed by atoms with Crippen LogP contribution in [0.1, 0.15) is 11.7 Å². The van der Waals surface area contributed by atoms with Gasteiger partial charge in [-0.15, -0.1) is 11.3 Å². The number of aliphatic imine (C=N–C) groups is 1. The Morgan fingerprint density at radius 2 is 1.89 bits per heavy atom. The number of aliphatic hydroxyl groups excluding tert-OH is 1. The summed E-state index contributed by atoms with van der Waals surface area (Å²) in [5.74, 6) is 1.69. The molecule has 1 saturated heterocycles. The number of piperazine rings is 1. The van der Waals surface area contributed by atoms with Crippen LogP contribution in [-0.4, -0.2) is 67.9 Å². The van der Waals surface area contributed by atoms with Crippen LogP contribution in [0.15, 0.2) is 34.8 Å². The van der Waals surface area contributed by atoms with Crippen molar-refractivity contribution in [2.45, 2.75) is 6.10 Å². The van der Waals surface area contributed by atoms with E-state index in [9.17, 15) is 5.11 Å². The lowest BCUT2D eigenvalue weighted by atomic mass is 10.1. The molecular formula is C18H25N5O3S. The van der Waals surface area contributed by atoms with Crippen LogP contribution in [0, 0.1) is 0 Å². The fourth-order valence-corrected chi connectivity index (χ4v) is 3.60. The van der Waals surface area contributed by atoms with Gasteiger partial charge in [0.15, 0.2) is 11.1 Å². The first-order chi connectivity index (χ1) is 13.1. The van der Waals surface area contributed by atoms with E-state index in [1.54, 1.807) is 43.8 Å². The number of guanidine groups is 1. The Morgan fingerprint density at radius 1 is 1.22 bits per heavy atom. The molecule has 3 N–H and O–H groups in total. The van der Waals surface area contributed by atoms with Crippen LogP contribution in [0.3, 0.4) is 0 Å². The number of aliphatic hydroxyl groups is 1. The van der Waals surface area contributed by atoms with Crippen LogP contribution in [0.25, 0.3) is 0 Å². The van der Waals surface area contributed by atoms with Gasteiger partial charge in [-0.05, 0) is 17.7 Å². The van der Waals surface area contributed by atoms with Crippen molar-refractivity contribution >= 4 is 22.4 Å². The average Bonchev–Trinajstić information content (AvgIpc) is 3.26. The fourth-order valence-electron chi connectivity index (χ4n) is 2.91. The third-order valence-corrected chi connectivity index (χ3v) is 5.31. The Morgan fingerprint density at radius 3 is 2.44 bits per heavy atom. The molecule has 0 amide bonds. The van der Waals surface area contributed by atoms with Gasteiger partial charge >= 0.3 is 0 Å². The predicted molar refractivity (Wildman–Crippen MR) is 107 cm³/mol. The number of nitrogens with zero attached hydrogens (tertiary/aromatic N) is 4. The maximum Gasteiger partial charge on any atom is 0.191 e. The molecule has 3 rings (SSSR count). The molecule has 1 aromatic carbocycles. The molecule has 9 heteroatoms. The van der Waals surface area contributed by atoms with Gasteiger partial charge in [-0.25, -0.2) is 4.98 Å². The molecule has 0 aliphatic carbocycles. The zero-order valence-electron chi connectivity index (χ0n) is 15.5. The van der Waals surface area contributed by atoms with Crippen molar-refractivity contribution in [2.75, 3.05) is 51.8 Å². The molecule has 27 heavy (non-hydrogen) atoms. The van der Waals surface area contributed by atoms with Crippen molar-refractivity contribution in [3.05, 3.63) is 35.3 Å². The first kappa shape index (κ1) is 19.2. The normalized spacial score (nSPS) is 16.3. The monoisotopic (exact) mass is 391 g/mol. The third-order valence-electron chi connectivity index (χ3n) is 4.48. The van der Waals surface area contributed by atoms with Gasteiger partial charge in [-0.1, -0.05) is 0 Å². The summed E-state index contributed by atoms with van der Waals surface area (Å²) in [4.78, 5) is 13.0. The van der Waals surface area contributed by atoms with Crippen LogP contribution in [0.2, 0.25) is 0 Å². The molecule has 1 atom stereocenters. The number of hydrogen-bond donors (Lipinski definition) is 2. The molecule has 1 aliphatic rings. The van der Waals surface area contributed by atoms with Crippen molar-refractivity contribution in [2.24, 2.45) is 10.7 Å². The SMILES string of the molecule is COc1cc(OC)cc(C(O)CN=C(N)N2CCN(c3nccs3)CC2)c1. The van der Waals surface area contributed by atoms with E-state index in [2.05, 4.69) is 14.9 Å². The minimum absolute atomic E-state index is 0.175. The summed E-state index contributed by atoms with van der Waals surface area (Å²) >= 11 is 1.64. The van der Waals surface area contributed by atoms with Gasteiger partial charge in [0.05, 0.1) is 26.9 Å². The van der Waals surface area contributed by atoms with E-state index >= 15 is 0 Å². The number of methoxy groups -OCH3 is 2. The number of thiazole rings is 1. The van der Waals surface area contributed by atoms with Gasteiger partial charge in [0.2, 0.25) is 0 Å². The summed E-state index contributed by atoms with van der Waals surface area (Å²) in [5.41, 5.74) is 6.81. The number of aromatic nitrogens is 1. The van der Waals surface area contributed by atoms with E-state index in [0.717, 1.165) is 31.3 Å². The zero-order chi connectivity index (χ0) is 19.2. The third kappa shape index (κ3) is 4.81. The van der Waals surface area contributed by atoms with E-state index in [1.165, 1.54) is 0 Å². The van der Waals surface area contributed by atoms with E-state index in [-0.39, 0.29) is 6.54 Å². The fraction of sp³-hybridized carbons (Fsp3) is 0.444. The number of ether oxygens (including phenoxy) is 2. The highest BCUT2D eigenvalue weighted by molar-refractivity contribution is 7.13. The Kier molecular flexibility index (Phi) is 6.36. The van der Waals surface area contributed by atoms with Crippen LogP contribution >= 0.6 is 11.3 Å². The van der Waals surface area contributed by atoms with Crippen molar-refractivity contribution in [1.29, 1.82) is 0 Å². The molecule has 146 valence electrons. The smallest absolute Gasteiger partial charge is 0.191 e. The van der Waals surface area contributed by atoms with Gasteiger partial charge in [-0.2, -0.15) is 0 Å². The van der Waals surface area contributed by atoms with E-state index in [0.29, 0.717) is 23.0 Å². The predicted octanol–water partition coefficient (Wildman–Crippen LogP) is 1.33. The highest BCUT2D eigenvalue weighted by atomic mass is 32.1. The minimum Gasteiger partial charge on any atom is -0.497 e. The maximum absolute atomic E-state index is 10.5. The van der Waals surface area contributed by atoms with Gasteiger partial charge in [-0.3, -0.25) is 4.99 Å². The summed E-state index contributed by atoms with van der Waals surface area (Å²) in [6.07, 6.45) is 1.03. The lowest BCUT2D eigenvalue weighted by Gasteiger charge is -2.35. The minimum atomic E-state index is -0.788. The average molecular weight is 391 g/mol. The molecule has 1 fully saturated rings. The molecule has 1 unspecified atom stereocenters. The topological polar surface area (TPSA) is 96.4 Å². The quantitative estimate of drug-likeness (QED) is 0.566. The van der Waals surface area contributed by atoms with E-state index in [4.69, 9.17) is 15.2 Å². The van der Waals surface area contributed by atoms with Crippen LogP contribution in [0.4, 0.5) is 5.13 Å². The summed E-state index contributed by atoms with van der Waals surface area (Å²) in [5, 5.41) is 13.5. The van der Waals surface area contributed by atoms with Crippen LogP contribution < -0.4 is 20.1 Å². The molecule has 8 nitrogen and oxygen atoms in total. The maximum atomic E-state index is 10.5. The van der Waals surface area contributed by atoms with E-state index < -0.39 is 6.10 Å². The molecule has 0 spiro atoms.